The molecule has 0 aliphatic rings. The van der Waals surface area contributed by atoms with Gasteiger partial charge in [-0.2, -0.15) is 0 Å². The van der Waals surface area contributed by atoms with Crippen LogP contribution in [0.15, 0.2) is 16.6 Å². The van der Waals surface area contributed by atoms with Crippen LogP contribution < -0.4 is 11.1 Å². The Bertz CT molecular complexity index is 517. The minimum Gasteiger partial charge on any atom is -0.398 e. The Morgan fingerprint density at radius 3 is 2.61 bits per heavy atom. The first-order valence-corrected chi connectivity index (χ1v) is 9.21. The van der Waals surface area contributed by atoms with Crippen molar-refractivity contribution in [3.63, 3.8) is 0 Å². The molecule has 0 saturated heterocycles. The van der Waals surface area contributed by atoms with E-state index in [1.54, 1.807) is 0 Å². The van der Waals surface area contributed by atoms with Gasteiger partial charge < -0.3 is 16.0 Å². The zero-order valence-corrected chi connectivity index (χ0v) is 16.4. The first-order valence-electron chi connectivity index (χ1n) is 8.42. The van der Waals surface area contributed by atoms with Crippen LogP contribution in [0.1, 0.15) is 55.5 Å². The lowest BCUT2D eigenvalue weighted by Gasteiger charge is -2.18. The Morgan fingerprint density at radius 2 is 2.04 bits per heavy atom. The molecule has 4 nitrogen and oxygen atoms in total. The van der Waals surface area contributed by atoms with Crippen LogP contribution in [-0.4, -0.2) is 37.5 Å². The second kappa shape index (κ2) is 9.93. The highest BCUT2D eigenvalue weighted by molar-refractivity contribution is 9.10. The van der Waals surface area contributed by atoms with Crippen molar-refractivity contribution in [2.45, 2.75) is 52.0 Å². The van der Waals surface area contributed by atoms with Gasteiger partial charge in [0.25, 0.3) is 5.91 Å². The summed E-state index contributed by atoms with van der Waals surface area (Å²) in [6, 6.07) is 3.99. The molecule has 0 fully saturated rings. The predicted molar refractivity (Wildman–Crippen MR) is 102 cm³/mol. The summed E-state index contributed by atoms with van der Waals surface area (Å²) >= 11 is 3.58. The third-order valence-corrected chi connectivity index (χ3v) is 4.72. The number of amides is 1. The molecule has 1 unspecified atom stereocenters. The minimum absolute atomic E-state index is 0.0802. The number of nitrogens with zero attached hydrogens (tertiary/aromatic N) is 1. The molecule has 23 heavy (non-hydrogen) atoms. The molecule has 5 heteroatoms. The van der Waals surface area contributed by atoms with E-state index in [-0.39, 0.29) is 11.9 Å². The zero-order valence-electron chi connectivity index (χ0n) is 14.8. The first-order chi connectivity index (χ1) is 10.9. The van der Waals surface area contributed by atoms with Gasteiger partial charge in [0.1, 0.15) is 0 Å². The molecule has 0 aliphatic carbocycles. The van der Waals surface area contributed by atoms with E-state index in [0.29, 0.717) is 11.3 Å². The lowest BCUT2D eigenvalue weighted by Crippen LogP contribution is -2.34. The lowest BCUT2D eigenvalue weighted by atomic mass is 10.0. The number of rotatable bonds is 9. The third kappa shape index (κ3) is 6.51. The van der Waals surface area contributed by atoms with E-state index in [0.717, 1.165) is 48.7 Å². The van der Waals surface area contributed by atoms with Crippen LogP contribution in [0.5, 0.6) is 0 Å². The second-order valence-electron chi connectivity index (χ2n) is 6.31. The lowest BCUT2D eigenvalue weighted by molar-refractivity contribution is 0.0934. The van der Waals surface area contributed by atoms with Crippen molar-refractivity contribution < 1.29 is 4.79 Å². The number of hydrogen-bond acceptors (Lipinski definition) is 3. The summed E-state index contributed by atoms with van der Waals surface area (Å²) in [4.78, 5) is 14.6. The Kier molecular flexibility index (Phi) is 8.63. The molecule has 0 heterocycles. The van der Waals surface area contributed by atoms with E-state index in [4.69, 9.17) is 5.73 Å². The number of nitrogen functional groups attached to an aromatic ring is 1. The van der Waals surface area contributed by atoms with Gasteiger partial charge in [0.05, 0.1) is 5.56 Å². The van der Waals surface area contributed by atoms with Crippen LogP contribution in [0.2, 0.25) is 0 Å². The second-order valence-corrected chi connectivity index (χ2v) is 7.16. The highest BCUT2D eigenvalue weighted by Gasteiger charge is 2.16. The van der Waals surface area contributed by atoms with Gasteiger partial charge in [0, 0.05) is 16.2 Å². The molecule has 1 atom stereocenters. The van der Waals surface area contributed by atoms with E-state index in [9.17, 15) is 4.79 Å². The number of nitrogens with two attached hydrogens (primary N) is 1. The molecule has 3 N–H and O–H groups in total. The van der Waals surface area contributed by atoms with E-state index in [2.05, 4.69) is 54.1 Å². The number of halogens is 1. The summed E-state index contributed by atoms with van der Waals surface area (Å²) < 4.78 is 0.958. The predicted octanol–water partition coefficient (Wildman–Crippen LogP) is 3.83. The maximum Gasteiger partial charge on any atom is 0.253 e. The molecule has 0 spiro atoms. The molecule has 0 aliphatic heterocycles. The maximum atomic E-state index is 12.5. The van der Waals surface area contributed by atoms with Crippen LogP contribution >= 0.6 is 15.9 Å². The molecular formula is C18H30BrN3O. The van der Waals surface area contributed by atoms with Gasteiger partial charge in [-0.3, -0.25) is 4.79 Å². The van der Waals surface area contributed by atoms with E-state index >= 15 is 0 Å². The molecule has 0 aromatic heterocycles. The number of carbonyl (C=O) groups excluding carboxylic acids is 1. The summed E-state index contributed by atoms with van der Waals surface area (Å²) in [7, 11) is 4.13. The topological polar surface area (TPSA) is 58.4 Å². The highest BCUT2D eigenvalue weighted by atomic mass is 79.9. The molecule has 130 valence electrons. The Morgan fingerprint density at radius 1 is 1.35 bits per heavy atom. The first kappa shape index (κ1) is 20.0. The fourth-order valence-electron chi connectivity index (χ4n) is 2.60. The van der Waals surface area contributed by atoms with Gasteiger partial charge in [-0.25, -0.2) is 0 Å². The van der Waals surface area contributed by atoms with Crippen molar-refractivity contribution in [1.82, 2.24) is 10.2 Å². The Hall–Kier alpha value is -1.07. The van der Waals surface area contributed by atoms with Crippen molar-refractivity contribution in [2.24, 2.45) is 0 Å². The normalized spacial score (nSPS) is 12.4. The van der Waals surface area contributed by atoms with Crippen LogP contribution in [0, 0.1) is 0 Å². The Labute approximate surface area is 148 Å². The fraction of sp³-hybridized carbons (Fsp3) is 0.611. The van der Waals surface area contributed by atoms with E-state index in [1.807, 2.05) is 12.1 Å². The summed E-state index contributed by atoms with van der Waals surface area (Å²) in [5.41, 5.74) is 8.39. The summed E-state index contributed by atoms with van der Waals surface area (Å²) in [5.74, 6) is -0.0802. The van der Waals surface area contributed by atoms with Crippen LogP contribution in [-0.2, 0) is 6.42 Å². The zero-order chi connectivity index (χ0) is 17.4. The standard InChI is InChI=1S/C18H30BrN3O/c1-5-8-14(6-2)21-18(23)15-12-16(19)13(11-17(15)20)9-7-10-22(3)4/h11-12,14H,5-10,20H2,1-4H3,(H,21,23). The molecule has 0 radical (unpaired) electrons. The number of nitrogens with one attached hydrogen (secondary N) is 1. The highest BCUT2D eigenvalue weighted by Crippen LogP contribution is 2.25. The van der Waals surface area contributed by atoms with Gasteiger partial charge in [-0.1, -0.05) is 36.2 Å². The average Bonchev–Trinajstić information content (AvgIpc) is 2.49. The minimum atomic E-state index is -0.0802. The van der Waals surface area contributed by atoms with Crippen molar-refractivity contribution in [3.05, 3.63) is 27.7 Å². The summed E-state index contributed by atoms with van der Waals surface area (Å²) in [6.07, 6.45) is 4.99. The molecule has 0 bridgehead atoms. The van der Waals surface area contributed by atoms with Crippen molar-refractivity contribution in [2.75, 3.05) is 26.4 Å². The van der Waals surface area contributed by atoms with Crippen LogP contribution in [0.25, 0.3) is 0 Å². The van der Waals surface area contributed by atoms with Gasteiger partial charge in [-0.15, -0.1) is 0 Å². The van der Waals surface area contributed by atoms with Gasteiger partial charge in [0.2, 0.25) is 0 Å². The van der Waals surface area contributed by atoms with E-state index in [1.165, 1.54) is 0 Å². The summed E-state index contributed by atoms with van der Waals surface area (Å²) in [6.45, 7) is 5.25. The monoisotopic (exact) mass is 383 g/mol. The number of aryl methyl sites for hydroxylation is 1. The number of anilines is 1. The summed E-state index contributed by atoms with van der Waals surface area (Å²) in [5, 5.41) is 3.08. The molecule has 1 aromatic rings. The molecular weight excluding hydrogens is 354 g/mol. The quantitative estimate of drug-likeness (QED) is 0.636. The largest absolute Gasteiger partial charge is 0.398 e. The number of benzene rings is 1. The van der Waals surface area contributed by atoms with Crippen molar-refractivity contribution in [1.29, 1.82) is 0 Å². The molecule has 1 rings (SSSR count). The molecule has 0 saturated carbocycles. The third-order valence-electron chi connectivity index (χ3n) is 3.98. The SMILES string of the molecule is CCCC(CC)NC(=O)c1cc(Br)c(CCCN(C)C)cc1N. The maximum absolute atomic E-state index is 12.5. The number of carbonyl (C=O) groups is 1. The fourth-order valence-corrected chi connectivity index (χ4v) is 3.14. The molecule has 1 amide bonds. The van der Waals surface area contributed by atoms with Crippen LogP contribution in [0.3, 0.4) is 0 Å². The van der Waals surface area contributed by atoms with Gasteiger partial charge >= 0.3 is 0 Å². The molecule has 1 aromatic carbocycles. The number of hydrogen-bond donors (Lipinski definition) is 2. The van der Waals surface area contributed by atoms with Crippen molar-refractivity contribution in [3.8, 4) is 0 Å². The van der Waals surface area contributed by atoms with Gasteiger partial charge in [-0.05, 0) is 64.0 Å². The van der Waals surface area contributed by atoms with Crippen LogP contribution in [0.4, 0.5) is 5.69 Å². The van der Waals surface area contributed by atoms with E-state index < -0.39 is 0 Å². The smallest absolute Gasteiger partial charge is 0.253 e. The average molecular weight is 384 g/mol. The van der Waals surface area contributed by atoms with Crippen molar-refractivity contribution >= 4 is 27.5 Å². The van der Waals surface area contributed by atoms with Gasteiger partial charge in [0.15, 0.2) is 0 Å². The Balaban J connectivity index is 2.80.